The van der Waals surface area contributed by atoms with Crippen LogP contribution < -0.4 is 15.1 Å². The first-order chi connectivity index (χ1) is 12.8. The molecule has 7 nitrogen and oxygen atoms in total. The highest BCUT2D eigenvalue weighted by molar-refractivity contribution is 5.62. The average molecular weight is 354 g/mol. The van der Waals surface area contributed by atoms with Crippen LogP contribution in [0.4, 0.5) is 23.0 Å². The summed E-state index contributed by atoms with van der Waals surface area (Å²) in [5.74, 6) is 1.76. The van der Waals surface area contributed by atoms with Crippen molar-refractivity contribution < 1.29 is 4.74 Å². The van der Waals surface area contributed by atoms with E-state index in [4.69, 9.17) is 4.74 Å². The fraction of sp³-hybridized carbons (Fsp3) is 0.474. The molecule has 0 saturated carbocycles. The Balaban J connectivity index is 1.41. The lowest BCUT2D eigenvalue weighted by Crippen LogP contribution is -2.44. The van der Waals surface area contributed by atoms with Crippen molar-refractivity contribution >= 4 is 23.0 Å². The lowest BCUT2D eigenvalue weighted by Gasteiger charge is -2.34. The summed E-state index contributed by atoms with van der Waals surface area (Å²) in [6, 6.07) is 10.6. The normalized spacial score (nSPS) is 18.8. The first-order valence-electron chi connectivity index (χ1n) is 9.23. The molecule has 3 heterocycles. The van der Waals surface area contributed by atoms with Gasteiger partial charge in [-0.05, 0) is 31.3 Å². The number of rotatable bonds is 4. The van der Waals surface area contributed by atoms with Gasteiger partial charge < -0.3 is 24.8 Å². The molecule has 26 heavy (non-hydrogen) atoms. The quantitative estimate of drug-likeness (QED) is 0.898. The second-order valence-electron chi connectivity index (χ2n) is 6.82. The van der Waals surface area contributed by atoms with Crippen LogP contribution in [0.25, 0.3) is 0 Å². The molecule has 0 bridgehead atoms. The number of aromatic nitrogens is 2. The Morgan fingerprint density at radius 1 is 0.885 bits per heavy atom. The summed E-state index contributed by atoms with van der Waals surface area (Å²) in [7, 11) is 2.18. The smallest absolute Gasteiger partial charge is 0.135 e. The summed E-state index contributed by atoms with van der Waals surface area (Å²) in [4.78, 5) is 15.8. The van der Waals surface area contributed by atoms with Crippen molar-refractivity contribution in [3.05, 3.63) is 36.7 Å². The van der Waals surface area contributed by atoms with Crippen LogP contribution >= 0.6 is 0 Å². The van der Waals surface area contributed by atoms with Gasteiger partial charge in [0.15, 0.2) is 0 Å². The van der Waals surface area contributed by atoms with E-state index in [1.165, 1.54) is 5.69 Å². The van der Waals surface area contributed by atoms with E-state index in [1.807, 2.05) is 6.07 Å². The first-order valence-corrected chi connectivity index (χ1v) is 9.23. The third-order valence-electron chi connectivity index (χ3n) is 5.00. The van der Waals surface area contributed by atoms with E-state index in [2.05, 4.69) is 61.3 Å². The zero-order chi connectivity index (χ0) is 17.8. The molecule has 0 spiro atoms. The molecule has 2 saturated heterocycles. The van der Waals surface area contributed by atoms with E-state index in [1.54, 1.807) is 6.33 Å². The Morgan fingerprint density at radius 3 is 2.35 bits per heavy atom. The molecule has 4 rings (SSSR count). The number of nitrogens with one attached hydrogen (secondary N) is 1. The fourth-order valence-electron chi connectivity index (χ4n) is 3.35. The summed E-state index contributed by atoms with van der Waals surface area (Å²) in [6.45, 7) is 7.64. The van der Waals surface area contributed by atoms with Crippen LogP contribution in [0, 0.1) is 0 Å². The molecule has 1 aromatic heterocycles. The van der Waals surface area contributed by atoms with Crippen molar-refractivity contribution in [3.8, 4) is 0 Å². The standard InChI is InChI=1S/C19H26N6O/c1-23-6-8-24(9-7-23)17-4-2-16(3-5-17)22-18-14-19(21-15-20-18)25-10-12-26-13-11-25/h2-5,14-15H,6-13H2,1H3,(H,20,21,22). The summed E-state index contributed by atoms with van der Waals surface area (Å²) in [5, 5.41) is 3.38. The van der Waals surface area contributed by atoms with E-state index in [0.29, 0.717) is 0 Å². The van der Waals surface area contributed by atoms with Gasteiger partial charge in [0.25, 0.3) is 0 Å². The number of hydrogen-bond acceptors (Lipinski definition) is 7. The Kier molecular flexibility index (Phi) is 5.17. The summed E-state index contributed by atoms with van der Waals surface area (Å²) in [6.07, 6.45) is 1.62. The number of ether oxygens (including phenoxy) is 1. The van der Waals surface area contributed by atoms with Crippen molar-refractivity contribution in [1.29, 1.82) is 0 Å². The minimum absolute atomic E-state index is 0.751. The summed E-state index contributed by atoms with van der Waals surface area (Å²) >= 11 is 0. The molecule has 2 fully saturated rings. The Labute approximate surface area is 154 Å². The van der Waals surface area contributed by atoms with E-state index >= 15 is 0 Å². The van der Waals surface area contributed by atoms with Crippen molar-refractivity contribution in [2.24, 2.45) is 0 Å². The van der Waals surface area contributed by atoms with Gasteiger partial charge in [-0.25, -0.2) is 9.97 Å². The predicted octanol–water partition coefficient (Wildman–Crippen LogP) is 1.81. The minimum Gasteiger partial charge on any atom is -0.378 e. The average Bonchev–Trinajstić information content (AvgIpc) is 2.70. The maximum Gasteiger partial charge on any atom is 0.135 e. The van der Waals surface area contributed by atoms with E-state index in [0.717, 1.165) is 69.8 Å². The van der Waals surface area contributed by atoms with Crippen LogP contribution in [0.3, 0.4) is 0 Å². The maximum atomic E-state index is 5.41. The monoisotopic (exact) mass is 354 g/mol. The zero-order valence-corrected chi connectivity index (χ0v) is 15.3. The van der Waals surface area contributed by atoms with E-state index in [9.17, 15) is 0 Å². The number of piperazine rings is 1. The lowest BCUT2D eigenvalue weighted by atomic mass is 10.2. The van der Waals surface area contributed by atoms with Crippen LogP contribution in [-0.2, 0) is 4.74 Å². The molecular formula is C19H26N6O. The SMILES string of the molecule is CN1CCN(c2ccc(Nc3cc(N4CCOCC4)ncn3)cc2)CC1. The van der Waals surface area contributed by atoms with Gasteiger partial charge in [0.2, 0.25) is 0 Å². The fourth-order valence-corrected chi connectivity index (χ4v) is 3.35. The van der Waals surface area contributed by atoms with Crippen LogP contribution in [0.1, 0.15) is 0 Å². The summed E-state index contributed by atoms with van der Waals surface area (Å²) in [5.41, 5.74) is 2.31. The molecule has 2 aromatic rings. The molecule has 0 radical (unpaired) electrons. The maximum absolute atomic E-state index is 5.41. The molecule has 2 aliphatic rings. The highest BCUT2D eigenvalue weighted by Crippen LogP contribution is 2.23. The van der Waals surface area contributed by atoms with Crippen LogP contribution in [0.15, 0.2) is 36.7 Å². The minimum atomic E-state index is 0.751. The molecule has 1 N–H and O–H groups in total. The van der Waals surface area contributed by atoms with Crippen molar-refractivity contribution in [3.63, 3.8) is 0 Å². The molecule has 0 unspecified atom stereocenters. The molecular weight excluding hydrogens is 328 g/mol. The van der Waals surface area contributed by atoms with Gasteiger partial charge in [-0.2, -0.15) is 0 Å². The molecule has 0 atom stereocenters. The predicted molar refractivity (Wildman–Crippen MR) is 104 cm³/mol. The van der Waals surface area contributed by atoms with Gasteiger partial charge in [0, 0.05) is 56.7 Å². The third kappa shape index (κ3) is 4.05. The number of anilines is 4. The molecule has 0 amide bonds. The number of morpholine rings is 1. The summed E-state index contributed by atoms with van der Waals surface area (Å²) < 4.78 is 5.41. The van der Waals surface area contributed by atoms with Crippen molar-refractivity contribution in [1.82, 2.24) is 14.9 Å². The largest absolute Gasteiger partial charge is 0.378 e. The second-order valence-corrected chi connectivity index (χ2v) is 6.82. The zero-order valence-electron chi connectivity index (χ0n) is 15.3. The number of likely N-dealkylation sites (N-methyl/N-ethyl adjacent to an activating group) is 1. The highest BCUT2D eigenvalue weighted by atomic mass is 16.5. The van der Waals surface area contributed by atoms with Gasteiger partial charge in [-0.3, -0.25) is 0 Å². The van der Waals surface area contributed by atoms with Crippen LogP contribution in [0.5, 0.6) is 0 Å². The lowest BCUT2D eigenvalue weighted by molar-refractivity contribution is 0.122. The molecule has 2 aliphatic heterocycles. The third-order valence-corrected chi connectivity index (χ3v) is 5.00. The van der Waals surface area contributed by atoms with Crippen LogP contribution in [0.2, 0.25) is 0 Å². The van der Waals surface area contributed by atoms with E-state index in [-0.39, 0.29) is 0 Å². The van der Waals surface area contributed by atoms with Crippen LogP contribution in [-0.4, -0.2) is 74.4 Å². The Hall–Kier alpha value is -2.38. The second kappa shape index (κ2) is 7.88. The van der Waals surface area contributed by atoms with Crippen molar-refractivity contribution in [2.75, 3.05) is 74.6 Å². The molecule has 0 aliphatic carbocycles. The van der Waals surface area contributed by atoms with Gasteiger partial charge in [-0.15, -0.1) is 0 Å². The first kappa shape index (κ1) is 17.1. The number of benzene rings is 1. The molecule has 1 aromatic carbocycles. The van der Waals surface area contributed by atoms with Gasteiger partial charge >= 0.3 is 0 Å². The molecule has 138 valence electrons. The van der Waals surface area contributed by atoms with E-state index < -0.39 is 0 Å². The Bertz CT molecular complexity index is 708. The van der Waals surface area contributed by atoms with Gasteiger partial charge in [0.05, 0.1) is 13.2 Å². The topological polar surface area (TPSA) is 56.8 Å². The number of nitrogens with zero attached hydrogens (tertiary/aromatic N) is 5. The van der Waals surface area contributed by atoms with Crippen molar-refractivity contribution in [2.45, 2.75) is 0 Å². The van der Waals surface area contributed by atoms with Gasteiger partial charge in [-0.1, -0.05) is 0 Å². The highest BCUT2D eigenvalue weighted by Gasteiger charge is 2.15. The van der Waals surface area contributed by atoms with Gasteiger partial charge in [0.1, 0.15) is 18.0 Å². The molecule has 7 heteroatoms. The number of hydrogen-bond donors (Lipinski definition) is 1. The Morgan fingerprint density at radius 2 is 1.62 bits per heavy atom.